The van der Waals surface area contributed by atoms with Gasteiger partial charge in [0.15, 0.2) is 0 Å². The molecule has 1 heterocycles. The number of nitrogens with two attached hydrogens (primary N) is 1. The Bertz CT molecular complexity index is 512. The zero-order valence-electron chi connectivity index (χ0n) is 13.5. The number of ether oxygens (including phenoxy) is 1. The third kappa shape index (κ3) is 3.49. The monoisotopic (exact) mass is 290 g/mol. The van der Waals surface area contributed by atoms with Crippen LogP contribution in [0.25, 0.3) is 0 Å². The smallest absolute Gasteiger partial charge is 0.337 e. The number of rotatable bonds is 2. The number of esters is 1. The number of anilines is 2. The molecule has 0 amide bonds. The van der Waals surface area contributed by atoms with E-state index in [2.05, 4.69) is 25.7 Å². The maximum atomic E-state index is 11.5. The molecule has 116 valence electrons. The van der Waals surface area contributed by atoms with Crippen LogP contribution in [0.5, 0.6) is 0 Å². The molecule has 0 spiro atoms. The van der Waals surface area contributed by atoms with Crippen molar-refractivity contribution in [2.75, 3.05) is 30.8 Å². The molecule has 4 heteroatoms. The van der Waals surface area contributed by atoms with E-state index in [0.29, 0.717) is 16.7 Å². The number of hydrogen-bond acceptors (Lipinski definition) is 4. The number of hydrogen-bond donors (Lipinski definition) is 1. The van der Waals surface area contributed by atoms with Gasteiger partial charge in [-0.2, -0.15) is 0 Å². The van der Waals surface area contributed by atoms with E-state index >= 15 is 0 Å². The lowest BCUT2D eigenvalue weighted by Gasteiger charge is -2.40. The molecule has 21 heavy (non-hydrogen) atoms. The van der Waals surface area contributed by atoms with Crippen molar-refractivity contribution in [1.29, 1.82) is 0 Å². The third-order valence-corrected chi connectivity index (χ3v) is 4.51. The van der Waals surface area contributed by atoms with Gasteiger partial charge in [0.25, 0.3) is 0 Å². The van der Waals surface area contributed by atoms with Crippen LogP contribution in [-0.2, 0) is 4.74 Å². The van der Waals surface area contributed by atoms with Gasteiger partial charge >= 0.3 is 5.97 Å². The Morgan fingerprint density at radius 3 is 2.38 bits per heavy atom. The van der Waals surface area contributed by atoms with E-state index in [4.69, 9.17) is 10.5 Å². The van der Waals surface area contributed by atoms with E-state index in [-0.39, 0.29) is 5.97 Å². The molecule has 1 aromatic carbocycles. The molecule has 1 aliphatic rings. The van der Waals surface area contributed by atoms with Crippen LogP contribution in [0.1, 0.15) is 44.0 Å². The van der Waals surface area contributed by atoms with Crippen molar-refractivity contribution in [1.82, 2.24) is 0 Å². The van der Waals surface area contributed by atoms with Gasteiger partial charge in [-0.1, -0.05) is 20.8 Å². The number of nitrogen functional groups attached to an aromatic ring is 1. The van der Waals surface area contributed by atoms with Gasteiger partial charge in [-0.05, 0) is 42.4 Å². The minimum absolute atomic E-state index is 0.348. The van der Waals surface area contributed by atoms with Crippen LogP contribution in [0.4, 0.5) is 11.4 Å². The highest BCUT2D eigenvalue weighted by Crippen LogP contribution is 2.36. The molecule has 1 saturated heterocycles. The van der Waals surface area contributed by atoms with E-state index in [1.165, 1.54) is 20.0 Å². The largest absolute Gasteiger partial charge is 0.465 e. The van der Waals surface area contributed by atoms with Crippen LogP contribution >= 0.6 is 0 Å². The summed E-state index contributed by atoms with van der Waals surface area (Å²) in [6.45, 7) is 8.97. The van der Waals surface area contributed by atoms with Crippen molar-refractivity contribution in [3.63, 3.8) is 0 Å². The van der Waals surface area contributed by atoms with Crippen LogP contribution in [0, 0.1) is 11.3 Å². The molecule has 0 unspecified atom stereocenters. The summed E-state index contributed by atoms with van der Waals surface area (Å²) in [4.78, 5) is 13.8. The summed E-state index contributed by atoms with van der Waals surface area (Å²) in [5.41, 5.74) is 8.65. The average Bonchev–Trinajstić information content (AvgIpc) is 2.45. The predicted octanol–water partition coefficient (Wildman–Crippen LogP) is 3.32. The van der Waals surface area contributed by atoms with Crippen LogP contribution in [0.3, 0.4) is 0 Å². The topological polar surface area (TPSA) is 55.6 Å². The molecule has 0 bridgehead atoms. The Balaban J connectivity index is 2.09. The number of carbonyl (C=O) groups is 1. The molecule has 2 rings (SSSR count). The summed E-state index contributed by atoms with van der Waals surface area (Å²) in [6.07, 6.45) is 2.36. The Kier molecular flexibility index (Phi) is 4.45. The zero-order valence-corrected chi connectivity index (χ0v) is 13.5. The summed E-state index contributed by atoms with van der Waals surface area (Å²) in [6, 6.07) is 5.42. The van der Waals surface area contributed by atoms with Crippen molar-refractivity contribution < 1.29 is 9.53 Å². The summed E-state index contributed by atoms with van der Waals surface area (Å²) >= 11 is 0. The number of benzene rings is 1. The number of carbonyl (C=O) groups excluding carboxylic acids is 1. The lowest BCUT2D eigenvalue weighted by Crippen LogP contribution is -2.38. The summed E-state index contributed by atoms with van der Waals surface area (Å²) in [5.74, 6) is 0.406. The minimum atomic E-state index is -0.348. The van der Waals surface area contributed by atoms with Gasteiger partial charge in [-0.3, -0.25) is 0 Å². The van der Waals surface area contributed by atoms with Crippen LogP contribution < -0.4 is 10.6 Å². The van der Waals surface area contributed by atoms with Crippen LogP contribution in [0.2, 0.25) is 0 Å². The summed E-state index contributed by atoms with van der Waals surface area (Å²) in [7, 11) is 1.38. The SMILES string of the molecule is COC(=O)c1ccc(N2CCC(C(C)(C)C)CC2)c(N)c1. The molecular formula is C17H26N2O2. The Labute approximate surface area is 127 Å². The van der Waals surface area contributed by atoms with Gasteiger partial charge in [0.2, 0.25) is 0 Å². The quantitative estimate of drug-likeness (QED) is 0.670. The molecule has 2 N–H and O–H groups in total. The van der Waals surface area contributed by atoms with Crippen molar-refractivity contribution >= 4 is 17.3 Å². The first-order chi connectivity index (χ1) is 9.82. The fourth-order valence-corrected chi connectivity index (χ4v) is 3.07. The summed E-state index contributed by atoms with van der Waals surface area (Å²) in [5, 5.41) is 0. The third-order valence-electron chi connectivity index (χ3n) is 4.51. The second kappa shape index (κ2) is 5.96. The zero-order chi connectivity index (χ0) is 15.6. The van der Waals surface area contributed by atoms with Crippen molar-refractivity contribution in [2.45, 2.75) is 33.6 Å². The molecule has 1 fully saturated rings. The van der Waals surface area contributed by atoms with E-state index in [9.17, 15) is 4.79 Å². The molecule has 4 nitrogen and oxygen atoms in total. The second-order valence-corrected chi connectivity index (χ2v) is 6.89. The molecule has 0 aliphatic carbocycles. The van der Waals surface area contributed by atoms with E-state index in [1.54, 1.807) is 12.1 Å². The van der Waals surface area contributed by atoms with Crippen LogP contribution in [0.15, 0.2) is 18.2 Å². The Hall–Kier alpha value is -1.71. The van der Waals surface area contributed by atoms with Crippen molar-refractivity contribution in [3.8, 4) is 0 Å². The molecule has 1 aliphatic heterocycles. The van der Waals surface area contributed by atoms with E-state index in [0.717, 1.165) is 24.7 Å². The fourth-order valence-electron chi connectivity index (χ4n) is 3.07. The average molecular weight is 290 g/mol. The molecular weight excluding hydrogens is 264 g/mol. The molecule has 0 radical (unpaired) electrons. The van der Waals surface area contributed by atoms with E-state index < -0.39 is 0 Å². The van der Waals surface area contributed by atoms with Gasteiger partial charge < -0.3 is 15.4 Å². The van der Waals surface area contributed by atoms with Gasteiger partial charge in [-0.15, -0.1) is 0 Å². The van der Waals surface area contributed by atoms with Crippen molar-refractivity contribution in [3.05, 3.63) is 23.8 Å². The van der Waals surface area contributed by atoms with Crippen molar-refractivity contribution in [2.24, 2.45) is 11.3 Å². The molecule has 0 aromatic heterocycles. The Morgan fingerprint density at radius 2 is 1.90 bits per heavy atom. The highest BCUT2D eigenvalue weighted by Gasteiger charge is 2.29. The lowest BCUT2D eigenvalue weighted by atomic mass is 9.75. The Morgan fingerprint density at radius 1 is 1.29 bits per heavy atom. The maximum absolute atomic E-state index is 11.5. The lowest BCUT2D eigenvalue weighted by molar-refractivity contribution is 0.0601. The fraction of sp³-hybridized carbons (Fsp3) is 0.588. The van der Waals surface area contributed by atoms with Gasteiger partial charge in [0.05, 0.1) is 24.0 Å². The standard InChI is InChI=1S/C17H26N2O2/c1-17(2,3)13-7-9-19(10-8-13)15-6-5-12(11-14(15)18)16(20)21-4/h5-6,11,13H,7-10,18H2,1-4H3. The summed E-state index contributed by atoms with van der Waals surface area (Å²) < 4.78 is 4.72. The highest BCUT2D eigenvalue weighted by molar-refractivity contribution is 5.91. The normalized spacial score (nSPS) is 16.9. The second-order valence-electron chi connectivity index (χ2n) is 6.89. The maximum Gasteiger partial charge on any atom is 0.337 e. The minimum Gasteiger partial charge on any atom is -0.465 e. The van der Waals surface area contributed by atoms with Gasteiger partial charge in [-0.25, -0.2) is 4.79 Å². The first-order valence-electron chi connectivity index (χ1n) is 7.55. The highest BCUT2D eigenvalue weighted by atomic mass is 16.5. The number of methoxy groups -OCH3 is 1. The van der Waals surface area contributed by atoms with Crippen LogP contribution in [-0.4, -0.2) is 26.2 Å². The molecule has 0 saturated carbocycles. The number of piperidine rings is 1. The van der Waals surface area contributed by atoms with Gasteiger partial charge in [0, 0.05) is 13.1 Å². The van der Waals surface area contributed by atoms with Gasteiger partial charge in [0.1, 0.15) is 0 Å². The molecule has 0 atom stereocenters. The van der Waals surface area contributed by atoms with E-state index in [1.807, 2.05) is 6.07 Å². The first kappa shape index (κ1) is 15.7. The molecule has 1 aromatic rings. The first-order valence-corrected chi connectivity index (χ1v) is 7.55. The number of nitrogens with zero attached hydrogens (tertiary/aromatic N) is 1. The predicted molar refractivity (Wildman–Crippen MR) is 86.6 cm³/mol.